The van der Waals surface area contributed by atoms with E-state index in [0.29, 0.717) is 12.4 Å². The van der Waals surface area contributed by atoms with Crippen LogP contribution < -0.4 is 4.74 Å². The summed E-state index contributed by atoms with van der Waals surface area (Å²) < 4.78 is 10.1. The number of ether oxygens (including phenoxy) is 2. The quantitative estimate of drug-likeness (QED) is 0.570. The topological polar surface area (TPSA) is 79.1 Å². The van der Waals surface area contributed by atoms with E-state index in [1.165, 1.54) is 11.9 Å². The van der Waals surface area contributed by atoms with Crippen molar-refractivity contribution in [2.45, 2.75) is 26.3 Å². The van der Waals surface area contributed by atoms with Gasteiger partial charge >= 0.3 is 5.97 Å². The molecule has 0 aliphatic carbocycles. The third-order valence-electron chi connectivity index (χ3n) is 2.83. The maximum atomic E-state index is 11.1. The Labute approximate surface area is 122 Å². The lowest BCUT2D eigenvalue weighted by Gasteiger charge is -2.05. The second kappa shape index (κ2) is 7.37. The van der Waals surface area contributed by atoms with Gasteiger partial charge in [-0.25, -0.2) is 4.79 Å². The molecule has 7 heteroatoms. The minimum absolute atomic E-state index is 0.0539. The summed E-state index contributed by atoms with van der Waals surface area (Å²) in [5, 5.41) is 11.8. The Bertz CT molecular complexity index is 580. The first-order valence-electron chi connectivity index (χ1n) is 6.80. The number of hydrogen-bond acceptors (Lipinski definition) is 6. The lowest BCUT2D eigenvalue weighted by molar-refractivity contribution is -0.141. The molecule has 7 nitrogen and oxygen atoms in total. The molecule has 0 N–H and O–H groups in total. The number of carbonyl (C=O) groups is 1. The molecule has 0 radical (unpaired) electrons. The van der Waals surface area contributed by atoms with Gasteiger partial charge in [-0.3, -0.25) is 0 Å². The molecule has 21 heavy (non-hydrogen) atoms. The van der Waals surface area contributed by atoms with Crippen molar-refractivity contribution >= 4 is 5.97 Å². The molecular weight excluding hydrogens is 272 g/mol. The fraction of sp³-hybridized carbons (Fsp3) is 0.429. The van der Waals surface area contributed by atoms with Crippen molar-refractivity contribution in [3.63, 3.8) is 0 Å². The van der Waals surface area contributed by atoms with Crippen molar-refractivity contribution in [3.8, 4) is 17.1 Å². The van der Waals surface area contributed by atoms with Crippen LogP contribution in [0.1, 0.15) is 19.8 Å². The molecule has 0 saturated carbocycles. The number of aromatic nitrogens is 4. The van der Waals surface area contributed by atoms with Crippen molar-refractivity contribution < 1.29 is 14.3 Å². The summed E-state index contributed by atoms with van der Waals surface area (Å²) in [6.07, 6.45) is 2.14. The second-order valence-corrected chi connectivity index (χ2v) is 4.45. The molecule has 0 saturated heterocycles. The lowest BCUT2D eigenvalue weighted by Crippen LogP contribution is -2.14. The van der Waals surface area contributed by atoms with Crippen LogP contribution in [-0.4, -0.2) is 39.9 Å². The van der Waals surface area contributed by atoms with Gasteiger partial charge in [0.25, 0.3) is 0 Å². The highest BCUT2D eigenvalue weighted by Crippen LogP contribution is 2.18. The number of methoxy groups -OCH3 is 1. The number of tetrazole rings is 1. The molecule has 1 aromatic carbocycles. The molecule has 0 aliphatic rings. The first-order chi connectivity index (χ1) is 10.2. The maximum absolute atomic E-state index is 11.1. The van der Waals surface area contributed by atoms with Crippen LogP contribution in [0.3, 0.4) is 0 Å². The molecule has 0 unspecified atom stereocenters. The van der Waals surface area contributed by atoms with Crippen molar-refractivity contribution in [3.05, 3.63) is 24.3 Å². The first-order valence-corrected chi connectivity index (χ1v) is 6.80. The van der Waals surface area contributed by atoms with Crippen LogP contribution in [-0.2, 0) is 16.1 Å². The molecule has 0 aliphatic heterocycles. The average Bonchev–Trinajstić information content (AvgIpc) is 2.96. The van der Waals surface area contributed by atoms with Gasteiger partial charge in [0.05, 0.1) is 13.7 Å². The summed E-state index contributed by atoms with van der Waals surface area (Å²) in [7, 11) is 1.32. The third-order valence-corrected chi connectivity index (χ3v) is 2.83. The summed E-state index contributed by atoms with van der Waals surface area (Å²) in [4.78, 5) is 12.3. The summed E-state index contributed by atoms with van der Waals surface area (Å²) in [5.41, 5.74) is 0.814. The molecule has 0 fully saturated rings. The Morgan fingerprint density at radius 2 is 2.05 bits per heavy atom. The highest BCUT2D eigenvalue weighted by atomic mass is 16.5. The Morgan fingerprint density at radius 1 is 1.29 bits per heavy atom. The van der Waals surface area contributed by atoms with Gasteiger partial charge in [0.2, 0.25) is 5.82 Å². The van der Waals surface area contributed by atoms with Crippen molar-refractivity contribution in [1.82, 2.24) is 20.2 Å². The zero-order chi connectivity index (χ0) is 15.1. The van der Waals surface area contributed by atoms with Gasteiger partial charge in [-0.2, -0.15) is 4.80 Å². The van der Waals surface area contributed by atoms with E-state index in [4.69, 9.17) is 4.74 Å². The third kappa shape index (κ3) is 4.27. The van der Waals surface area contributed by atoms with Crippen LogP contribution >= 0.6 is 0 Å². The molecule has 1 heterocycles. The molecule has 0 atom stereocenters. The van der Waals surface area contributed by atoms with Gasteiger partial charge in [-0.05, 0) is 35.9 Å². The standard InChI is InChI=1S/C14H18N4O3/c1-3-4-9-21-12-7-5-11(6-8-12)14-15-17-18(16-14)10-13(19)20-2/h5-8H,3-4,9-10H2,1-2H3. The zero-order valence-electron chi connectivity index (χ0n) is 12.2. The number of hydrogen-bond donors (Lipinski definition) is 0. The average molecular weight is 290 g/mol. The van der Waals surface area contributed by atoms with Crippen LogP contribution in [0.2, 0.25) is 0 Å². The zero-order valence-corrected chi connectivity index (χ0v) is 12.2. The number of benzene rings is 1. The number of carbonyl (C=O) groups excluding carboxylic acids is 1. The number of esters is 1. The fourth-order valence-corrected chi connectivity index (χ4v) is 1.64. The summed E-state index contributed by atoms with van der Waals surface area (Å²) >= 11 is 0. The smallest absolute Gasteiger partial charge is 0.329 e. The van der Waals surface area contributed by atoms with E-state index in [1.54, 1.807) is 0 Å². The molecule has 1 aromatic heterocycles. The minimum Gasteiger partial charge on any atom is -0.494 e. The van der Waals surface area contributed by atoms with Crippen LogP contribution in [0.4, 0.5) is 0 Å². The van der Waals surface area contributed by atoms with Crippen molar-refractivity contribution in [1.29, 1.82) is 0 Å². The Kier molecular flexibility index (Phi) is 5.25. The molecule has 0 spiro atoms. The van der Waals surface area contributed by atoms with Gasteiger partial charge in [-0.15, -0.1) is 10.2 Å². The van der Waals surface area contributed by atoms with Crippen LogP contribution in [0.5, 0.6) is 5.75 Å². The molecule has 112 valence electrons. The van der Waals surface area contributed by atoms with Crippen LogP contribution in [0.15, 0.2) is 24.3 Å². The van der Waals surface area contributed by atoms with Gasteiger partial charge in [-0.1, -0.05) is 13.3 Å². The molecular formula is C14H18N4O3. The summed E-state index contributed by atoms with van der Waals surface area (Å²) in [6, 6.07) is 7.46. The predicted octanol–water partition coefficient (Wildman–Crippen LogP) is 1.69. The normalized spacial score (nSPS) is 10.4. The summed E-state index contributed by atoms with van der Waals surface area (Å²) in [6.45, 7) is 2.78. The minimum atomic E-state index is -0.418. The van der Waals surface area contributed by atoms with Gasteiger partial charge in [0.15, 0.2) is 6.54 Å². The number of unbranched alkanes of at least 4 members (excludes halogenated alkanes) is 1. The highest BCUT2D eigenvalue weighted by molar-refractivity contribution is 5.68. The van der Waals surface area contributed by atoms with E-state index < -0.39 is 5.97 Å². The Hall–Kier alpha value is -2.44. The number of nitrogens with zero attached hydrogens (tertiary/aromatic N) is 4. The predicted molar refractivity (Wildman–Crippen MR) is 75.7 cm³/mol. The van der Waals surface area contributed by atoms with E-state index in [0.717, 1.165) is 24.2 Å². The van der Waals surface area contributed by atoms with E-state index in [-0.39, 0.29) is 6.54 Å². The molecule has 2 rings (SSSR count). The Balaban J connectivity index is 2.00. The second-order valence-electron chi connectivity index (χ2n) is 4.45. The van der Waals surface area contributed by atoms with Crippen molar-refractivity contribution in [2.75, 3.05) is 13.7 Å². The Morgan fingerprint density at radius 3 is 2.71 bits per heavy atom. The van der Waals surface area contributed by atoms with E-state index in [1.807, 2.05) is 24.3 Å². The van der Waals surface area contributed by atoms with E-state index >= 15 is 0 Å². The van der Waals surface area contributed by atoms with Crippen molar-refractivity contribution in [2.24, 2.45) is 0 Å². The highest BCUT2D eigenvalue weighted by Gasteiger charge is 2.09. The number of rotatable bonds is 7. The van der Waals surface area contributed by atoms with Gasteiger partial charge in [0.1, 0.15) is 5.75 Å². The monoisotopic (exact) mass is 290 g/mol. The van der Waals surface area contributed by atoms with Crippen LogP contribution in [0.25, 0.3) is 11.4 Å². The first kappa shape index (κ1) is 15.0. The van der Waals surface area contributed by atoms with Gasteiger partial charge < -0.3 is 9.47 Å². The molecule has 0 amide bonds. The van der Waals surface area contributed by atoms with Gasteiger partial charge in [0, 0.05) is 5.56 Å². The molecule has 2 aromatic rings. The molecule has 0 bridgehead atoms. The maximum Gasteiger partial charge on any atom is 0.329 e. The van der Waals surface area contributed by atoms with E-state index in [9.17, 15) is 4.79 Å². The largest absolute Gasteiger partial charge is 0.494 e. The summed E-state index contributed by atoms with van der Waals surface area (Å²) in [5.74, 6) is 0.854. The van der Waals surface area contributed by atoms with Crippen LogP contribution in [0, 0.1) is 0 Å². The lowest BCUT2D eigenvalue weighted by atomic mass is 10.2. The van der Waals surface area contributed by atoms with E-state index in [2.05, 4.69) is 27.1 Å². The fourth-order valence-electron chi connectivity index (χ4n) is 1.64. The SMILES string of the molecule is CCCCOc1ccc(-c2nnn(CC(=O)OC)n2)cc1.